The Morgan fingerprint density at radius 1 is 1.23 bits per heavy atom. The number of piperidine rings is 1. The van der Waals surface area contributed by atoms with E-state index in [4.69, 9.17) is 4.42 Å². The van der Waals surface area contributed by atoms with E-state index in [0.29, 0.717) is 24.6 Å². The Kier molecular flexibility index (Phi) is 6.28. The molecule has 0 aliphatic carbocycles. The summed E-state index contributed by atoms with van der Waals surface area (Å²) < 4.78 is 5.57. The average Bonchev–Trinajstić information content (AvgIpc) is 3.45. The first-order valence-electron chi connectivity index (χ1n) is 10.2. The van der Waals surface area contributed by atoms with Gasteiger partial charge in [0.05, 0.1) is 6.42 Å². The lowest BCUT2D eigenvalue weighted by Gasteiger charge is -2.32. The molecular formula is C23H25N3O3S. The van der Waals surface area contributed by atoms with Crippen LogP contribution in [0.3, 0.4) is 0 Å². The number of oxazole rings is 1. The number of likely N-dealkylation sites (tertiary alicyclic amines) is 1. The number of hydrogen-bond donors (Lipinski definition) is 1. The van der Waals surface area contributed by atoms with E-state index in [2.05, 4.69) is 17.2 Å². The monoisotopic (exact) mass is 423 g/mol. The summed E-state index contributed by atoms with van der Waals surface area (Å²) in [5, 5.41) is 4.90. The van der Waals surface area contributed by atoms with Gasteiger partial charge in [-0.1, -0.05) is 18.2 Å². The second-order valence-corrected chi connectivity index (χ2v) is 8.64. The molecule has 1 aromatic carbocycles. The number of nitrogens with one attached hydrogen (secondary N) is 1. The Labute approximate surface area is 179 Å². The fourth-order valence-corrected chi connectivity index (χ4v) is 4.35. The average molecular weight is 424 g/mol. The zero-order valence-corrected chi connectivity index (χ0v) is 17.8. The topological polar surface area (TPSA) is 75.4 Å². The van der Waals surface area contributed by atoms with E-state index in [1.807, 2.05) is 46.7 Å². The molecule has 1 unspecified atom stereocenters. The van der Waals surface area contributed by atoms with Gasteiger partial charge >= 0.3 is 0 Å². The van der Waals surface area contributed by atoms with Crippen LogP contribution in [0.15, 0.2) is 52.5 Å². The van der Waals surface area contributed by atoms with Crippen molar-refractivity contribution < 1.29 is 14.0 Å². The lowest BCUT2D eigenvalue weighted by atomic mass is 10.0. The van der Waals surface area contributed by atoms with Gasteiger partial charge < -0.3 is 14.6 Å². The van der Waals surface area contributed by atoms with Gasteiger partial charge in [-0.05, 0) is 55.3 Å². The number of aromatic nitrogens is 1. The Bertz CT molecular complexity index is 995. The lowest BCUT2D eigenvalue weighted by molar-refractivity contribution is -0.120. The van der Waals surface area contributed by atoms with Crippen molar-refractivity contribution in [3.63, 3.8) is 0 Å². The van der Waals surface area contributed by atoms with E-state index in [9.17, 15) is 9.59 Å². The highest BCUT2D eigenvalue weighted by Gasteiger charge is 2.26. The first-order chi connectivity index (χ1) is 14.6. The van der Waals surface area contributed by atoms with Crippen LogP contribution in [0.2, 0.25) is 0 Å². The van der Waals surface area contributed by atoms with Gasteiger partial charge in [0.1, 0.15) is 6.26 Å². The van der Waals surface area contributed by atoms with Gasteiger partial charge in [-0.3, -0.25) is 9.59 Å². The zero-order chi connectivity index (χ0) is 20.9. The maximum absolute atomic E-state index is 12.7. The van der Waals surface area contributed by atoms with Gasteiger partial charge in [-0.2, -0.15) is 0 Å². The molecule has 1 saturated heterocycles. The van der Waals surface area contributed by atoms with Crippen LogP contribution in [0.4, 0.5) is 0 Å². The van der Waals surface area contributed by atoms with Gasteiger partial charge in [-0.15, -0.1) is 11.3 Å². The van der Waals surface area contributed by atoms with Crippen LogP contribution in [-0.2, 0) is 17.8 Å². The summed E-state index contributed by atoms with van der Waals surface area (Å²) >= 11 is 1.58. The maximum Gasteiger partial charge on any atom is 0.276 e. The molecule has 156 valence electrons. The second-order valence-electron chi connectivity index (χ2n) is 7.61. The van der Waals surface area contributed by atoms with Crippen molar-refractivity contribution in [2.45, 2.75) is 45.2 Å². The molecule has 1 fully saturated rings. The summed E-state index contributed by atoms with van der Waals surface area (Å²) in [7, 11) is 0. The third-order valence-electron chi connectivity index (χ3n) is 5.39. The number of benzene rings is 1. The standard InChI is InChI=1S/C23H25N3O3S/c1-16-5-2-3-11-26(16)23(28)20-15-29-22(25-20)18-9-7-17(8-10-18)14-24-21(27)13-19-6-4-12-30-19/h4,6-10,12,15-16H,2-3,5,11,13-14H2,1H3,(H,24,27). The normalized spacial score (nSPS) is 16.4. The second kappa shape index (κ2) is 9.26. The number of nitrogens with zero attached hydrogens (tertiary/aromatic N) is 2. The van der Waals surface area contributed by atoms with E-state index in [-0.39, 0.29) is 17.9 Å². The Hall–Kier alpha value is -2.93. The first-order valence-corrected chi connectivity index (χ1v) is 11.1. The number of hydrogen-bond acceptors (Lipinski definition) is 5. The van der Waals surface area contributed by atoms with Crippen molar-refractivity contribution in [2.75, 3.05) is 6.54 Å². The summed E-state index contributed by atoms with van der Waals surface area (Å²) in [5.41, 5.74) is 2.14. The zero-order valence-electron chi connectivity index (χ0n) is 17.0. The van der Waals surface area contributed by atoms with Crippen LogP contribution in [0.5, 0.6) is 0 Å². The highest BCUT2D eigenvalue weighted by molar-refractivity contribution is 7.10. The number of carbonyl (C=O) groups excluding carboxylic acids is 2. The van der Waals surface area contributed by atoms with Crippen molar-refractivity contribution in [3.05, 3.63) is 64.2 Å². The van der Waals surface area contributed by atoms with Crippen LogP contribution < -0.4 is 5.32 Å². The minimum absolute atomic E-state index is 0.00400. The molecule has 1 N–H and O–H groups in total. The molecule has 0 spiro atoms. The smallest absolute Gasteiger partial charge is 0.276 e. The Morgan fingerprint density at radius 3 is 2.80 bits per heavy atom. The molecule has 3 aromatic rings. The first kappa shape index (κ1) is 20.3. The van der Waals surface area contributed by atoms with Crippen LogP contribution in [0.1, 0.15) is 47.1 Å². The molecule has 7 heteroatoms. The molecular weight excluding hydrogens is 398 g/mol. The van der Waals surface area contributed by atoms with E-state index in [0.717, 1.165) is 41.8 Å². The van der Waals surface area contributed by atoms with Crippen molar-refractivity contribution in [3.8, 4) is 11.5 Å². The summed E-state index contributed by atoms with van der Waals surface area (Å²) in [6, 6.07) is 11.8. The molecule has 0 saturated carbocycles. The quantitative estimate of drug-likeness (QED) is 0.642. The van der Waals surface area contributed by atoms with Crippen LogP contribution >= 0.6 is 11.3 Å². The molecule has 30 heavy (non-hydrogen) atoms. The van der Waals surface area contributed by atoms with Crippen LogP contribution in [-0.4, -0.2) is 34.3 Å². The van der Waals surface area contributed by atoms with Crippen molar-refractivity contribution >= 4 is 23.2 Å². The van der Waals surface area contributed by atoms with Crippen LogP contribution in [0, 0.1) is 0 Å². The number of carbonyl (C=O) groups is 2. The molecule has 2 amide bonds. The molecule has 4 rings (SSSR count). The van der Waals surface area contributed by atoms with Gasteiger partial charge in [0.2, 0.25) is 11.8 Å². The van der Waals surface area contributed by atoms with E-state index in [1.54, 1.807) is 11.3 Å². The van der Waals surface area contributed by atoms with E-state index >= 15 is 0 Å². The predicted molar refractivity (Wildman–Crippen MR) is 116 cm³/mol. The fourth-order valence-electron chi connectivity index (χ4n) is 3.65. The Balaban J connectivity index is 1.35. The van der Waals surface area contributed by atoms with Gasteiger partial charge in [0.25, 0.3) is 5.91 Å². The highest BCUT2D eigenvalue weighted by atomic mass is 32.1. The third-order valence-corrected chi connectivity index (χ3v) is 6.27. The van der Waals surface area contributed by atoms with Crippen molar-refractivity contribution in [2.24, 2.45) is 0 Å². The van der Waals surface area contributed by atoms with E-state index in [1.165, 1.54) is 6.26 Å². The molecule has 1 aliphatic rings. The van der Waals surface area contributed by atoms with Gasteiger partial charge in [0, 0.05) is 29.6 Å². The predicted octanol–water partition coefficient (Wildman–Crippen LogP) is 4.28. The summed E-state index contributed by atoms with van der Waals surface area (Å²) in [4.78, 5) is 32.1. The largest absolute Gasteiger partial charge is 0.444 e. The fraction of sp³-hybridized carbons (Fsp3) is 0.348. The summed E-state index contributed by atoms with van der Waals surface area (Å²) in [6.07, 6.45) is 5.07. The molecule has 1 aliphatic heterocycles. The van der Waals surface area contributed by atoms with E-state index < -0.39 is 0 Å². The molecule has 6 nitrogen and oxygen atoms in total. The molecule has 1 atom stereocenters. The Morgan fingerprint density at radius 2 is 2.07 bits per heavy atom. The SMILES string of the molecule is CC1CCCCN1C(=O)c1coc(-c2ccc(CNC(=O)Cc3cccs3)cc2)n1. The molecule has 2 aromatic heterocycles. The molecule has 3 heterocycles. The maximum atomic E-state index is 12.7. The molecule has 0 radical (unpaired) electrons. The van der Waals surface area contributed by atoms with Crippen LogP contribution in [0.25, 0.3) is 11.5 Å². The lowest BCUT2D eigenvalue weighted by Crippen LogP contribution is -2.42. The van der Waals surface area contributed by atoms with Gasteiger partial charge in [-0.25, -0.2) is 4.98 Å². The van der Waals surface area contributed by atoms with Gasteiger partial charge in [0.15, 0.2) is 5.69 Å². The summed E-state index contributed by atoms with van der Waals surface area (Å²) in [6.45, 7) is 3.32. The summed E-state index contributed by atoms with van der Waals surface area (Å²) in [5.74, 6) is 0.364. The number of rotatable bonds is 6. The number of thiophene rings is 1. The third kappa shape index (κ3) is 4.79. The molecule has 0 bridgehead atoms. The number of amides is 2. The minimum Gasteiger partial charge on any atom is -0.444 e. The minimum atomic E-state index is -0.0673. The van der Waals surface area contributed by atoms with Crippen molar-refractivity contribution in [1.29, 1.82) is 0 Å². The van der Waals surface area contributed by atoms with Crippen molar-refractivity contribution in [1.82, 2.24) is 15.2 Å². The highest BCUT2D eigenvalue weighted by Crippen LogP contribution is 2.23.